The van der Waals surface area contributed by atoms with Gasteiger partial charge in [-0.25, -0.2) is 4.98 Å². The zero-order valence-corrected chi connectivity index (χ0v) is 19.5. The van der Waals surface area contributed by atoms with Crippen molar-refractivity contribution in [1.82, 2.24) is 9.55 Å². The van der Waals surface area contributed by atoms with E-state index < -0.39 is 0 Å². The molecule has 2 unspecified atom stereocenters. The summed E-state index contributed by atoms with van der Waals surface area (Å²) >= 11 is 0. The van der Waals surface area contributed by atoms with Gasteiger partial charge < -0.3 is 4.57 Å². The Morgan fingerprint density at radius 3 is 2.61 bits per heavy atom. The molecule has 1 aliphatic heterocycles. The van der Waals surface area contributed by atoms with Gasteiger partial charge in [0.2, 0.25) is 0 Å². The predicted molar refractivity (Wildman–Crippen MR) is 133 cm³/mol. The highest BCUT2D eigenvalue weighted by Gasteiger charge is 2.31. The lowest BCUT2D eigenvalue weighted by Gasteiger charge is -2.27. The van der Waals surface area contributed by atoms with Crippen LogP contribution in [0, 0.1) is 0 Å². The van der Waals surface area contributed by atoms with Gasteiger partial charge in [0.15, 0.2) is 0 Å². The van der Waals surface area contributed by atoms with E-state index in [9.17, 15) is 0 Å². The van der Waals surface area contributed by atoms with Gasteiger partial charge >= 0.3 is 0 Å². The van der Waals surface area contributed by atoms with Crippen molar-refractivity contribution in [1.29, 1.82) is 0 Å². The average Bonchev–Trinajstić information content (AvgIpc) is 3.13. The maximum absolute atomic E-state index is 5.31. The minimum atomic E-state index is 0.269. The normalized spacial score (nSPS) is 25.7. The molecule has 4 rings (SSSR count). The number of hydrogen-bond donors (Lipinski definition) is 0. The van der Waals surface area contributed by atoms with Crippen molar-refractivity contribution in [3.63, 3.8) is 0 Å². The predicted octanol–water partition coefficient (Wildman–Crippen LogP) is 7.79. The van der Waals surface area contributed by atoms with Crippen LogP contribution in [0.4, 0.5) is 0 Å². The number of aromatic nitrogens is 2. The molecule has 2 heteroatoms. The van der Waals surface area contributed by atoms with Gasteiger partial charge in [-0.05, 0) is 61.4 Å². The fourth-order valence-corrected chi connectivity index (χ4v) is 5.07. The molecule has 1 aliphatic carbocycles. The van der Waals surface area contributed by atoms with Gasteiger partial charge in [-0.1, -0.05) is 80.7 Å². The fraction of sp³-hybridized carbons (Fsp3) is 0.345. The summed E-state index contributed by atoms with van der Waals surface area (Å²) in [4.78, 5) is 5.31. The molecule has 160 valence electrons. The van der Waals surface area contributed by atoms with E-state index in [1.54, 1.807) is 0 Å². The van der Waals surface area contributed by atoms with Crippen LogP contribution in [0.3, 0.4) is 0 Å². The lowest BCUT2D eigenvalue weighted by molar-refractivity contribution is 0.636. The molecule has 0 radical (unpaired) electrons. The Labute approximate surface area is 187 Å². The standard InChI is InChI=1S/C29H34N2/c1-6-13-23-16-11-9-8-10-15-20(3)27-28(21(23)4)31-19-25-18-12-17-24(14-7-2)26(25)22(5)29(31)30-27/h6-7,9-15,17-18,20,22H,8,16,19H2,1-5H3/b11-9-,13-6-,14-7-,15-10-,23-21-. The van der Waals surface area contributed by atoms with Gasteiger partial charge in [0.05, 0.1) is 11.4 Å². The summed E-state index contributed by atoms with van der Waals surface area (Å²) in [7, 11) is 0. The van der Waals surface area contributed by atoms with E-state index in [4.69, 9.17) is 4.98 Å². The van der Waals surface area contributed by atoms with Crippen LogP contribution in [0.5, 0.6) is 0 Å². The van der Waals surface area contributed by atoms with Crippen molar-refractivity contribution in [3.8, 4) is 0 Å². The second-order valence-corrected chi connectivity index (χ2v) is 8.71. The number of allylic oxidation sites excluding steroid dienone is 9. The molecule has 0 bridgehead atoms. The summed E-state index contributed by atoms with van der Waals surface area (Å²) in [6, 6.07) is 6.71. The largest absolute Gasteiger partial charge is 0.323 e. The van der Waals surface area contributed by atoms with Crippen LogP contribution in [-0.2, 0) is 6.54 Å². The highest BCUT2D eigenvalue weighted by atomic mass is 15.1. The number of hydrogen-bond acceptors (Lipinski definition) is 1. The molecule has 2 aliphatic rings. The van der Waals surface area contributed by atoms with Crippen molar-refractivity contribution >= 4 is 11.6 Å². The highest BCUT2D eigenvalue weighted by Crippen LogP contribution is 2.40. The van der Waals surface area contributed by atoms with E-state index >= 15 is 0 Å². The summed E-state index contributed by atoms with van der Waals surface area (Å²) < 4.78 is 2.49. The molecule has 1 aromatic carbocycles. The average molecular weight is 411 g/mol. The van der Waals surface area contributed by atoms with Crippen LogP contribution in [0.2, 0.25) is 0 Å². The van der Waals surface area contributed by atoms with Crippen LogP contribution in [0.1, 0.15) is 93.2 Å². The second kappa shape index (κ2) is 9.09. The third kappa shape index (κ3) is 3.92. The molecule has 2 atom stereocenters. The quantitative estimate of drug-likeness (QED) is 0.462. The van der Waals surface area contributed by atoms with Crippen LogP contribution in [0.25, 0.3) is 11.6 Å². The Bertz CT molecular complexity index is 1120. The lowest BCUT2D eigenvalue weighted by Crippen LogP contribution is -2.20. The molecule has 2 aromatic rings. The van der Waals surface area contributed by atoms with Crippen molar-refractivity contribution < 1.29 is 0 Å². The molecule has 0 saturated carbocycles. The first kappa shape index (κ1) is 21.4. The van der Waals surface area contributed by atoms with Gasteiger partial charge in [0.25, 0.3) is 0 Å². The highest BCUT2D eigenvalue weighted by molar-refractivity contribution is 5.71. The first-order valence-electron chi connectivity index (χ1n) is 11.6. The van der Waals surface area contributed by atoms with Crippen LogP contribution in [0.15, 0.2) is 66.3 Å². The van der Waals surface area contributed by atoms with E-state index in [1.165, 1.54) is 45.0 Å². The van der Waals surface area contributed by atoms with Crippen molar-refractivity contribution in [2.75, 3.05) is 0 Å². The lowest BCUT2D eigenvalue weighted by atomic mass is 9.87. The molecule has 31 heavy (non-hydrogen) atoms. The summed E-state index contributed by atoms with van der Waals surface area (Å²) in [5, 5.41) is 0. The van der Waals surface area contributed by atoms with E-state index in [0.717, 1.165) is 19.4 Å². The Morgan fingerprint density at radius 2 is 1.84 bits per heavy atom. The van der Waals surface area contributed by atoms with Gasteiger partial charge in [-0.3, -0.25) is 0 Å². The van der Waals surface area contributed by atoms with E-state index in [1.807, 2.05) is 0 Å². The molecule has 0 fully saturated rings. The van der Waals surface area contributed by atoms with E-state index in [2.05, 4.69) is 106 Å². The third-order valence-electron chi connectivity index (χ3n) is 6.59. The maximum atomic E-state index is 5.31. The van der Waals surface area contributed by atoms with Crippen molar-refractivity contribution in [2.45, 2.75) is 65.8 Å². The van der Waals surface area contributed by atoms with E-state index in [0.29, 0.717) is 0 Å². The zero-order valence-electron chi connectivity index (χ0n) is 19.5. The summed E-state index contributed by atoms with van der Waals surface area (Å²) in [6.07, 6.45) is 19.9. The minimum absolute atomic E-state index is 0.269. The van der Waals surface area contributed by atoms with Gasteiger partial charge in [-0.2, -0.15) is 0 Å². The van der Waals surface area contributed by atoms with Gasteiger partial charge in [0.1, 0.15) is 5.82 Å². The molecule has 1 aromatic heterocycles. The fourth-order valence-electron chi connectivity index (χ4n) is 5.07. The molecule has 2 nitrogen and oxygen atoms in total. The van der Waals surface area contributed by atoms with E-state index in [-0.39, 0.29) is 11.8 Å². The number of nitrogens with zero attached hydrogens (tertiary/aromatic N) is 2. The first-order chi connectivity index (χ1) is 15.1. The molecule has 2 heterocycles. The SMILES string of the molecule is C/C=C\C1=C(/C)c2c(nc3n2Cc2cccc(/C=C\C)c2C3C)C(C)/C=C\C/C=C\C1. The minimum Gasteiger partial charge on any atom is -0.323 e. The topological polar surface area (TPSA) is 17.8 Å². The molecule has 0 saturated heterocycles. The van der Waals surface area contributed by atoms with Crippen molar-refractivity contribution in [2.24, 2.45) is 0 Å². The molecule has 0 spiro atoms. The van der Waals surface area contributed by atoms with Crippen LogP contribution < -0.4 is 0 Å². The van der Waals surface area contributed by atoms with Gasteiger partial charge in [0, 0.05) is 18.4 Å². The Kier molecular flexibility index (Phi) is 6.27. The maximum Gasteiger partial charge on any atom is 0.117 e. The summed E-state index contributed by atoms with van der Waals surface area (Å²) in [6.45, 7) is 12.0. The third-order valence-corrected chi connectivity index (χ3v) is 6.59. The molecular weight excluding hydrogens is 376 g/mol. The molecular formula is C29H34N2. The smallest absolute Gasteiger partial charge is 0.117 e. The summed E-state index contributed by atoms with van der Waals surface area (Å²) in [5.41, 5.74) is 9.40. The second-order valence-electron chi connectivity index (χ2n) is 8.71. The Hall–Kier alpha value is -2.87. The van der Waals surface area contributed by atoms with Crippen molar-refractivity contribution in [3.05, 3.63) is 100 Å². The Morgan fingerprint density at radius 1 is 1.03 bits per heavy atom. The molecule has 0 N–H and O–H groups in total. The number of benzene rings is 1. The monoisotopic (exact) mass is 410 g/mol. The number of imidazole rings is 1. The summed E-state index contributed by atoms with van der Waals surface area (Å²) in [5.74, 6) is 1.75. The van der Waals surface area contributed by atoms with Gasteiger partial charge in [-0.15, -0.1) is 0 Å². The first-order valence-corrected chi connectivity index (χ1v) is 11.6. The molecule has 0 amide bonds. The number of fused-ring (bicyclic) bond motifs is 4. The van der Waals surface area contributed by atoms with Crippen LogP contribution in [-0.4, -0.2) is 9.55 Å². The number of rotatable bonds is 2. The Balaban J connectivity index is 1.96. The zero-order chi connectivity index (χ0) is 22.0. The van der Waals surface area contributed by atoms with Crippen LogP contribution >= 0.6 is 0 Å².